The summed E-state index contributed by atoms with van der Waals surface area (Å²) in [5.74, 6) is -5.05. The molecular weight excluding hydrogens is 541 g/mol. The van der Waals surface area contributed by atoms with E-state index < -0.39 is 41.7 Å². The largest absolute Gasteiger partial charge is 0.573 e. The molecule has 0 fully saturated rings. The zero-order valence-electron chi connectivity index (χ0n) is 19.7. The van der Waals surface area contributed by atoms with Crippen LogP contribution in [-0.4, -0.2) is 28.7 Å². The van der Waals surface area contributed by atoms with E-state index in [1.54, 1.807) is 6.92 Å². The Hall–Kier alpha value is -4.49. The van der Waals surface area contributed by atoms with Gasteiger partial charge in [0.15, 0.2) is 11.5 Å². The topological polar surface area (TPSA) is 93.8 Å². The molecule has 206 valence electrons. The Morgan fingerprint density at radius 3 is 2.26 bits per heavy atom. The molecule has 0 spiro atoms. The van der Waals surface area contributed by atoms with Crippen molar-refractivity contribution in [1.82, 2.24) is 10.3 Å². The van der Waals surface area contributed by atoms with Crippen molar-refractivity contribution in [2.24, 2.45) is 0 Å². The Labute approximate surface area is 215 Å². The SMILES string of the molecule is CC1=C(CC(=O)NCc2ncco2)c2cc(F)ccc2C1=Cc1cc(OC(F)(F)F)c(O)c(OC(F)(F)F)c1. The Morgan fingerprint density at radius 2 is 1.69 bits per heavy atom. The number of nitrogens with one attached hydrogen (secondary N) is 1. The van der Waals surface area contributed by atoms with E-state index in [1.807, 2.05) is 0 Å². The number of aromatic nitrogens is 1. The van der Waals surface area contributed by atoms with Crippen LogP contribution < -0.4 is 14.8 Å². The normalized spacial score (nSPS) is 14.5. The lowest BCUT2D eigenvalue weighted by Gasteiger charge is -2.16. The van der Waals surface area contributed by atoms with Crippen LogP contribution in [0.2, 0.25) is 0 Å². The van der Waals surface area contributed by atoms with E-state index in [4.69, 9.17) is 4.42 Å². The van der Waals surface area contributed by atoms with Crippen molar-refractivity contribution in [3.63, 3.8) is 0 Å². The van der Waals surface area contributed by atoms with E-state index in [-0.39, 0.29) is 30.0 Å². The summed E-state index contributed by atoms with van der Waals surface area (Å²) >= 11 is 0. The molecule has 14 heteroatoms. The van der Waals surface area contributed by atoms with E-state index in [0.29, 0.717) is 34.4 Å². The molecule has 0 aliphatic heterocycles. The van der Waals surface area contributed by atoms with Gasteiger partial charge < -0.3 is 24.3 Å². The van der Waals surface area contributed by atoms with E-state index in [1.165, 1.54) is 24.6 Å². The average Bonchev–Trinajstić information content (AvgIpc) is 3.42. The summed E-state index contributed by atoms with van der Waals surface area (Å²) in [5.41, 5.74) is 1.47. The highest BCUT2D eigenvalue weighted by atomic mass is 19.4. The minimum Gasteiger partial charge on any atom is -0.502 e. The third-order valence-corrected chi connectivity index (χ3v) is 5.54. The highest BCUT2D eigenvalue weighted by Gasteiger charge is 2.36. The van der Waals surface area contributed by atoms with Crippen LogP contribution in [0.25, 0.3) is 17.2 Å². The molecule has 1 amide bonds. The minimum atomic E-state index is -5.34. The number of hydrogen-bond donors (Lipinski definition) is 2. The smallest absolute Gasteiger partial charge is 0.502 e. The predicted octanol–water partition coefficient (Wildman–Crippen LogP) is 6.35. The number of phenols is 1. The second kappa shape index (κ2) is 10.3. The summed E-state index contributed by atoms with van der Waals surface area (Å²) in [6.45, 7) is 1.54. The summed E-state index contributed by atoms with van der Waals surface area (Å²) in [4.78, 5) is 16.5. The lowest BCUT2D eigenvalue weighted by molar-refractivity contribution is -0.277. The van der Waals surface area contributed by atoms with E-state index in [9.17, 15) is 40.6 Å². The molecule has 1 aliphatic rings. The Morgan fingerprint density at radius 1 is 1.05 bits per heavy atom. The highest BCUT2D eigenvalue weighted by Crippen LogP contribution is 2.46. The number of amides is 1. The zero-order valence-corrected chi connectivity index (χ0v) is 19.7. The predicted molar refractivity (Wildman–Crippen MR) is 121 cm³/mol. The lowest BCUT2D eigenvalue weighted by atomic mass is 10.00. The first kappa shape index (κ1) is 27.5. The number of hydrogen-bond acceptors (Lipinski definition) is 6. The molecule has 1 aliphatic carbocycles. The number of ether oxygens (including phenoxy) is 2. The first-order valence-corrected chi connectivity index (χ1v) is 11.0. The number of oxazole rings is 1. The maximum atomic E-state index is 14.1. The third kappa shape index (κ3) is 6.69. The summed E-state index contributed by atoms with van der Waals surface area (Å²) in [6.07, 6.45) is -6.99. The summed E-state index contributed by atoms with van der Waals surface area (Å²) in [6, 6.07) is 4.95. The van der Waals surface area contributed by atoms with Crippen molar-refractivity contribution < 1.29 is 54.5 Å². The van der Waals surface area contributed by atoms with Crippen LogP contribution in [0.3, 0.4) is 0 Å². The third-order valence-electron chi connectivity index (χ3n) is 5.54. The molecule has 0 unspecified atom stereocenters. The molecule has 1 aromatic heterocycles. The molecular formula is C25H17F7N2O5. The van der Waals surface area contributed by atoms with E-state index >= 15 is 0 Å². The second-order valence-corrected chi connectivity index (χ2v) is 8.19. The van der Waals surface area contributed by atoms with Gasteiger partial charge in [-0.05, 0) is 70.7 Å². The molecule has 0 saturated carbocycles. The number of benzene rings is 2. The summed E-state index contributed by atoms with van der Waals surface area (Å²) in [5, 5.41) is 12.5. The molecule has 7 nitrogen and oxygen atoms in total. The molecule has 0 radical (unpaired) electrons. The molecule has 1 heterocycles. The van der Waals surface area contributed by atoms with Gasteiger partial charge in [0.25, 0.3) is 0 Å². The Kier molecular flexibility index (Phi) is 7.31. The first-order chi connectivity index (χ1) is 18.2. The number of rotatable bonds is 7. The van der Waals surface area contributed by atoms with E-state index in [2.05, 4.69) is 19.8 Å². The molecule has 4 rings (SSSR count). The fourth-order valence-electron chi connectivity index (χ4n) is 3.98. The van der Waals surface area contributed by atoms with Crippen LogP contribution >= 0.6 is 0 Å². The maximum absolute atomic E-state index is 14.1. The van der Waals surface area contributed by atoms with Gasteiger partial charge in [0.05, 0.1) is 19.2 Å². The van der Waals surface area contributed by atoms with Crippen molar-refractivity contribution in [3.8, 4) is 17.2 Å². The van der Waals surface area contributed by atoms with Gasteiger partial charge in [-0.2, -0.15) is 0 Å². The molecule has 0 bridgehead atoms. The quantitative estimate of drug-likeness (QED) is 0.329. The zero-order chi connectivity index (χ0) is 28.5. The molecule has 0 atom stereocenters. The van der Waals surface area contributed by atoms with Gasteiger partial charge in [-0.1, -0.05) is 6.07 Å². The fourth-order valence-corrected chi connectivity index (χ4v) is 3.98. The molecule has 0 saturated heterocycles. The van der Waals surface area contributed by atoms with Crippen LogP contribution in [0.15, 0.2) is 52.8 Å². The molecule has 2 aromatic carbocycles. The number of allylic oxidation sites excluding steroid dienone is 2. The molecule has 3 aromatic rings. The first-order valence-electron chi connectivity index (χ1n) is 11.0. The van der Waals surface area contributed by atoms with Crippen LogP contribution in [0, 0.1) is 5.82 Å². The van der Waals surface area contributed by atoms with Gasteiger partial charge in [-0.25, -0.2) is 9.37 Å². The fraction of sp³-hybridized carbons (Fsp3) is 0.200. The molecule has 39 heavy (non-hydrogen) atoms. The second-order valence-electron chi connectivity index (χ2n) is 8.19. The van der Waals surface area contributed by atoms with Gasteiger partial charge in [-0.3, -0.25) is 4.79 Å². The van der Waals surface area contributed by atoms with Gasteiger partial charge in [-0.15, -0.1) is 26.3 Å². The van der Waals surface area contributed by atoms with Crippen LogP contribution in [0.1, 0.15) is 35.9 Å². The van der Waals surface area contributed by atoms with Crippen molar-refractivity contribution in [3.05, 3.63) is 76.8 Å². The number of halogens is 7. The van der Waals surface area contributed by atoms with Gasteiger partial charge in [0, 0.05) is 0 Å². The number of aromatic hydroxyl groups is 1. The van der Waals surface area contributed by atoms with E-state index in [0.717, 1.165) is 12.1 Å². The lowest BCUT2D eigenvalue weighted by Crippen LogP contribution is -2.22. The number of fused-ring (bicyclic) bond motifs is 1. The minimum absolute atomic E-state index is 0.0195. The standard InChI is InChI=1S/C25H17F7N2O5/c1-12-16(6-13-7-19(38-24(27,28)29)23(36)20(8-13)39-25(30,31)32)15-3-2-14(26)9-18(15)17(12)10-21(35)34-11-22-33-4-5-37-22/h2-9,36H,10-11H2,1H3,(H,34,35). The number of phenolic OH excluding ortho intramolecular Hbond substituents is 1. The highest BCUT2D eigenvalue weighted by molar-refractivity contribution is 6.08. The van der Waals surface area contributed by atoms with Crippen molar-refractivity contribution in [1.29, 1.82) is 0 Å². The van der Waals surface area contributed by atoms with Gasteiger partial charge in [0.2, 0.25) is 17.5 Å². The Balaban J connectivity index is 1.75. The average molecular weight is 558 g/mol. The Bertz CT molecular complexity index is 1420. The van der Waals surface area contributed by atoms with Crippen LogP contribution in [-0.2, 0) is 11.3 Å². The summed E-state index contributed by atoms with van der Waals surface area (Å²) < 4.78 is 104. The van der Waals surface area contributed by atoms with Crippen molar-refractivity contribution >= 4 is 23.1 Å². The van der Waals surface area contributed by atoms with Crippen molar-refractivity contribution in [2.75, 3.05) is 0 Å². The number of carbonyl (C=O) groups excluding carboxylic acids is 1. The number of carbonyl (C=O) groups is 1. The van der Waals surface area contributed by atoms with Crippen LogP contribution in [0.5, 0.6) is 17.2 Å². The van der Waals surface area contributed by atoms with Gasteiger partial charge >= 0.3 is 12.7 Å². The monoisotopic (exact) mass is 558 g/mol. The number of alkyl halides is 6. The van der Waals surface area contributed by atoms with Crippen LogP contribution in [0.4, 0.5) is 30.7 Å². The summed E-state index contributed by atoms with van der Waals surface area (Å²) in [7, 11) is 0. The maximum Gasteiger partial charge on any atom is 0.573 e. The molecule has 2 N–H and O–H groups in total. The number of nitrogens with zero attached hydrogens (tertiary/aromatic N) is 1. The van der Waals surface area contributed by atoms with Crippen molar-refractivity contribution in [2.45, 2.75) is 32.6 Å². The van der Waals surface area contributed by atoms with Gasteiger partial charge in [0.1, 0.15) is 12.1 Å².